The first-order valence-corrected chi connectivity index (χ1v) is 12.9. The smallest absolute Gasteiger partial charge is 0.338 e. The molecule has 1 atom stereocenters. The zero-order chi connectivity index (χ0) is 24.5. The van der Waals surface area contributed by atoms with E-state index in [4.69, 9.17) is 9.15 Å². The van der Waals surface area contributed by atoms with E-state index in [1.165, 1.54) is 17.8 Å². The third kappa shape index (κ3) is 4.50. The summed E-state index contributed by atoms with van der Waals surface area (Å²) in [4.78, 5) is 34.0. The number of furan rings is 1. The van der Waals surface area contributed by atoms with Gasteiger partial charge in [-0.25, -0.2) is 9.79 Å². The van der Waals surface area contributed by atoms with Crippen LogP contribution in [-0.4, -0.2) is 30.2 Å². The van der Waals surface area contributed by atoms with Crippen molar-refractivity contribution in [3.8, 4) is 0 Å². The first-order chi connectivity index (χ1) is 17.0. The standard InChI is InChI=1S/C27H29N3O4S/c1-4-33-26(32)23-18(3)28-27-30(24(23)19-10-8-17(2)9-11-19)25(31)21(35-27)16-20-12-13-22(34-20)29-14-6-5-7-15-29/h8-13,16,24H,4-7,14-15H2,1-3H3/b21-16-. The average Bonchev–Trinajstić information content (AvgIpc) is 3.44. The summed E-state index contributed by atoms with van der Waals surface area (Å²) < 4.78 is 13.5. The molecule has 1 unspecified atom stereocenters. The number of carbonyl (C=O) groups excluding carboxylic acids is 1. The van der Waals surface area contributed by atoms with E-state index in [9.17, 15) is 9.59 Å². The molecule has 0 radical (unpaired) electrons. The highest BCUT2D eigenvalue weighted by Crippen LogP contribution is 2.31. The average molecular weight is 492 g/mol. The van der Waals surface area contributed by atoms with Crippen molar-refractivity contribution in [3.63, 3.8) is 0 Å². The molecule has 0 saturated carbocycles. The summed E-state index contributed by atoms with van der Waals surface area (Å²) in [5.41, 5.74) is 2.68. The molecule has 2 aliphatic rings. The van der Waals surface area contributed by atoms with Gasteiger partial charge in [-0.1, -0.05) is 41.2 Å². The maximum absolute atomic E-state index is 13.7. The Balaban J connectivity index is 1.60. The minimum absolute atomic E-state index is 0.204. The topological polar surface area (TPSA) is 77.0 Å². The quantitative estimate of drug-likeness (QED) is 0.509. The van der Waals surface area contributed by atoms with Crippen molar-refractivity contribution in [2.45, 2.75) is 46.1 Å². The van der Waals surface area contributed by atoms with E-state index < -0.39 is 12.0 Å². The molecule has 4 heterocycles. The number of esters is 1. The van der Waals surface area contributed by atoms with Crippen LogP contribution < -0.4 is 19.8 Å². The van der Waals surface area contributed by atoms with Gasteiger partial charge in [0.05, 0.1) is 28.5 Å². The molecule has 1 saturated heterocycles. The van der Waals surface area contributed by atoms with E-state index in [0.29, 0.717) is 26.4 Å². The van der Waals surface area contributed by atoms with Gasteiger partial charge in [0.2, 0.25) is 0 Å². The Morgan fingerprint density at radius 1 is 1.14 bits per heavy atom. The van der Waals surface area contributed by atoms with E-state index in [1.54, 1.807) is 24.5 Å². The SMILES string of the molecule is CCOC(=O)C1=C(C)N=c2s/c(=C\c3ccc(N4CCCCC4)o3)c(=O)n2C1c1ccc(C)cc1. The summed E-state index contributed by atoms with van der Waals surface area (Å²) in [5.74, 6) is 1.01. The lowest BCUT2D eigenvalue weighted by Crippen LogP contribution is -2.39. The van der Waals surface area contributed by atoms with Gasteiger partial charge in [-0.15, -0.1) is 0 Å². The van der Waals surface area contributed by atoms with Crippen molar-refractivity contribution in [1.82, 2.24) is 4.57 Å². The molecule has 0 bridgehead atoms. The predicted molar refractivity (Wildman–Crippen MR) is 136 cm³/mol. The van der Waals surface area contributed by atoms with Crippen LogP contribution in [0.5, 0.6) is 0 Å². The number of fused-ring (bicyclic) bond motifs is 1. The Bertz CT molecular complexity index is 1450. The third-order valence-electron chi connectivity index (χ3n) is 6.46. The van der Waals surface area contributed by atoms with E-state index in [-0.39, 0.29) is 12.2 Å². The molecule has 2 aliphatic heterocycles. The van der Waals surface area contributed by atoms with Crippen molar-refractivity contribution >= 4 is 29.3 Å². The summed E-state index contributed by atoms with van der Waals surface area (Å²) in [7, 11) is 0. The lowest BCUT2D eigenvalue weighted by atomic mass is 9.95. The lowest BCUT2D eigenvalue weighted by molar-refractivity contribution is -0.139. The van der Waals surface area contributed by atoms with Crippen molar-refractivity contribution in [2.75, 3.05) is 24.6 Å². The fraction of sp³-hybridized carbons (Fsp3) is 0.370. The van der Waals surface area contributed by atoms with Crippen molar-refractivity contribution in [3.05, 3.63) is 84.2 Å². The number of rotatable bonds is 5. The van der Waals surface area contributed by atoms with Crippen LogP contribution in [0.2, 0.25) is 0 Å². The van der Waals surface area contributed by atoms with Crippen molar-refractivity contribution in [2.24, 2.45) is 4.99 Å². The molecule has 5 rings (SSSR count). The van der Waals surface area contributed by atoms with Gasteiger partial charge in [-0.05, 0) is 51.7 Å². The molecule has 0 aliphatic carbocycles. The number of ether oxygens (including phenoxy) is 1. The van der Waals surface area contributed by atoms with Crippen LogP contribution in [0.4, 0.5) is 5.88 Å². The number of hydrogen-bond acceptors (Lipinski definition) is 7. The maximum Gasteiger partial charge on any atom is 0.338 e. The molecular weight excluding hydrogens is 462 g/mol. The number of nitrogens with zero attached hydrogens (tertiary/aromatic N) is 3. The zero-order valence-corrected chi connectivity index (χ0v) is 21.1. The van der Waals surface area contributed by atoms with Crippen molar-refractivity contribution < 1.29 is 13.9 Å². The molecule has 35 heavy (non-hydrogen) atoms. The second-order valence-corrected chi connectivity index (χ2v) is 9.95. The molecule has 0 spiro atoms. The van der Waals surface area contributed by atoms with E-state index in [1.807, 2.05) is 43.3 Å². The van der Waals surface area contributed by atoms with Gasteiger partial charge >= 0.3 is 5.97 Å². The van der Waals surface area contributed by atoms with Crippen molar-refractivity contribution in [1.29, 1.82) is 0 Å². The highest BCUT2D eigenvalue weighted by Gasteiger charge is 2.33. The predicted octanol–water partition coefficient (Wildman–Crippen LogP) is 3.69. The Labute approximate surface area is 207 Å². The monoisotopic (exact) mass is 491 g/mol. The Kier molecular flexibility index (Phi) is 6.47. The normalized spacial score (nSPS) is 18.4. The number of carbonyl (C=O) groups is 1. The Morgan fingerprint density at radius 2 is 1.89 bits per heavy atom. The molecule has 7 nitrogen and oxygen atoms in total. The molecular formula is C27H29N3O4S. The number of anilines is 1. The van der Waals surface area contributed by atoms with Gasteiger partial charge in [-0.2, -0.15) is 0 Å². The van der Waals surface area contributed by atoms with Gasteiger partial charge in [0.1, 0.15) is 5.76 Å². The number of benzene rings is 1. The summed E-state index contributed by atoms with van der Waals surface area (Å²) in [6.07, 6.45) is 5.35. The van der Waals surface area contributed by atoms with Gasteiger partial charge in [-0.3, -0.25) is 9.36 Å². The molecule has 0 amide bonds. The largest absolute Gasteiger partial charge is 0.463 e. The Hall–Kier alpha value is -3.39. The molecule has 1 fully saturated rings. The number of hydrogen-bond donors (Lipinski definition) is 0. The van der Waals surface area contributed by atoms with Crippen LogP contribution in [0.15, 0.2) is 61.9 Å². The summed E-state index contributed by atoms with van der Waals surface area (Å²) in [6, 6.07) is 11.1. The minimum Gasteiger partial charge on any atom is -0.463 e. The second kappa shape index (κ2) is 9.70. The van der Waals surface area contributed by atoms with E-state index >= 15 is 0 Å². The molecule has 1 aromatic carbocycles. The molecule has 3 aromatic rings. The second-order valence-electron chi connectivity index (χ2n) is 8.94. The maximum atomic E-state index is 13.7. The fourth-order valence-electron chi connectivity index (χ4n) is 4.69. The Morgan fingerprint density at radius 3 is 2.60 bits per heavy atom. The molecule has 182 valence electrons. The van der Waals surface area contributed by atoms with E-state index in [2.05, 4.69) is 9.89 Å². The van der Waals surface area contributed by atoms with Crippen LogP contribution in [0.3, 0.4) is 0 Å². The number of aryl methyl sites for hydroxylation is 1. The first-order valence-electron chi connectivity index (χ1n) is 12.1. The lowest BCUT2D eigenvalue weighted by Gasteiger charge is -2.25. The van der Waals surface area contributed by atoms with E-state index in [0.717, 1.165) is 42.9 Å². The summed E-state index contributed by atoms with van der Waals surface area (Å²) in [6.45, 7) is 7.79. The molecule has 0 N–H and O–H groups in total. The first kappa shape index (κ1) is 23.4. The van der Waals surface area contributed by atoms with Gasteiger partial charge in [0.25, 0.3) is 5.56 Å². The van der Waals surface area contributed by atoms with Crippen LogP contribution in [0, 0.1) is 6.92 Å². The van der Waals surface area contributed by atoms with Crippen LogP contribution in [0.25, 0.3) is 6.08 Å². The number of aromatic nitrogens is 1. The fourth-order valence-corrected chi connectivity index (χ4v) is 5.72. The van der Waals surface area contributed by atoms with Crippen LogP contribution in [-0.2, 0) is 9.53 Å². The van der Waals surface area contributed by atoms with Gasteiger partial charge < -0.3 is 14.1 Å². The minimum atomic E-state index is -0.603. The molecule has 8 heteroatoms. The van der Waals surface area contributed by atoms with Crippen LogP contribution >= 0.6 is 11.3 Å². The number of allylic oxidation sites excluding steroid dienone is 1. The van der Waals surface area contributed by atoms with Gasteiger partial charge in [0, 0.05) is 25.2 Å². The van der Waals surface area contributed by atoms with Gasteiger partial charge in [0.15, 0.2) is 10.7 Å². The van der Waals surface area contributed by atoms with Crippen LogP contribution in [0.1, 0.15) is 56.0 Å². The highest BCUT2D eigenvalue weighted by atomic mass is 32.1. The zero-order valence-electron chi connectivity index (χ0n) is 20.2. The summed E-state index contributed by atoms with van der Waals surface area (Å²) >= 11 is 1.30. The number of thiazole rings is 1. The third-order valence-corrected chi connectivity index (χ3v) is 7.45. The number of piperidine rings is 1. The highest BCUT2D eigenvalue weighted by molar-refractivity contribution is 7.07. The summed E-state index contributed by atoms with van der Waals surface area (Å²) in [5, 5.41) is 0. The molecule has 2 aromatic heterocycles.